The van der Waals surface area contributed by atoms with Gasteiger partial charge in [0.2, 0.25) is 5.91 Å². The Balaban J connectivity index is 1.95. The third kappa shape index (κ3) is 6.21. The molecule has 1 fully saturated rings. The molecule has 3 amide bonds. The minimum atomic E-state index is -0.277. The van der Waals surface area contributed by atoms with Gasteiger partial charge < -0.3 is 15.5 Å². The van der Waals surface area contributed by atoms with Gasteiger partial charge in [0, 0.05) is 25.7 Å². The number of nitrogens with zero attached hydrogens (tertiary/aromatic N) is 2. The predicted molar refractivity (Wildman–Crippen MR) is 99.7 cm³/mol. The van der Waals surface area contributed by atoms with Gasteiger partial charge in [-0.2, -0.15) is 0 Å². The lowest BCUT2D eigenvalue weighted by atomic mass is 10.0. The van der Waals surface area contributed by atoms with Gasteiger partial charge in [0.05, 0.1) is 12.6 Å². The Kier molecular flexibility index (Phi) is 7.52. The number of hydrogen-bond acceptors (Lipinski definition) is 3. The molecule has 0 aliphatic carbocycles. The molecule has 7 heteroatoms. The minimum Gasteiger partial charge on any atom is -0.353 e. The first-order valence-corrected chi connectivity index (χ1v) is 9.06. The normalized spacial score (nSPS) is 16.1. The van der Waals surface area contributed by atoms with E-state index in [9.17, 15) is 9.59 Å². The van der Waals surface area contributed by atoms with Crippen LogP contribution in [0.1, 0.15) is 30.9 Å². The number of hydrogen-bond donors (Lipinski definition) is 2. The van der Waals surface area contributed by atoms with Crippen molar-refractivity contribution in [3.63, 3.8) is 0 Å². The molecule has 1 unspecified atom stereocenters. The highest BCUT2D eigenvalue weighted by molar-refractivity contribution is 6.30. The van der Waals surface area contributed by atoms with Crippen LogP contribution in [0.5, 0.6) is 0 Å². The van der Waals surface area contributed by atoms with Crippen LogP contribution in [0.25, 0.3) is 0 Å². The standard InChI is InChI=1S/C18H27ClN4O2/c1-22(2)18(25)21-13-17(24)20-12-16(23-10-4-3-5-11-23)14-6-8-15(19)9-7-14/h6-9,16H,3-5,10-13H2,1-2H3,(H,20,24)(H,21,25). The second kappa shape index (κ2) is 9.63. The van der Waals surface area contributed by atoms with Crippen LogP contribution < -0.4 is 10.6 Å². The summed E-state index contributed by atoms with van der Waals surface area (Å²) in [4.78, 5) is 27.4. The van der Waals surface area contributed by atoms with Crippen molar-refractivity contribution in [2.45, 2.75) is 25.3 Å². The molecule has 0 radical (unpaired) electrons. The molecule has 25 heavy (non-hydrogen) atoms. The number of carbonyl (C=O) groups is 2. The number of likely N-dealkylation sites (tertiary alicyclic amines) is 1. The number of amides is 3. The summed E-state index contributed by atoms with van der Waals surface area (Å²) in [6.07, 6.45) is 3.61. The van der Waals surface area contributed by atoms with Crippen molar-refractivity contribution in [2.75, 3.05) is 40.3 Å². The molecule has 1 aliphatic rings. The average molecular weight is 367 g/mol. The van der Waals surface area contributed by atoms with Crippen LogP contribution in [0.3, 0.4) is 0 Å². The van der Waals surface area contributed by atoms with Crippen molar-refractivity contribution < 1.29 is 9.59 Å². The highest BCUT2D eigenvalue weighted by Gasteiger charge is 2.23. The molecule has 1 aromatic rings. The van der Waals surface area contributed by atoms with Gasteiger partial charge >= 0.3 is 6.03 Å². The molecule has 1 heterocycles. The van der Waals surface area contributed by atoms with Gasteiger partial charge in [-0.3, -0.25) is 9.69 Å². The van der Waals surface area contributed by atoms with E-state index in [4.69, 9.17) is 11.6 Å². The summed E-state index contributed by atoms with van der Waals surface area (Å²) >= 11 is 6.00. The van der Waals surface area contributed by atoms with E-state index < -0.39 is 0 Å². The van der Waals surface area contributed by atoms with Gasteiger partial charge in [0.1, 0.15) is 0 Å². The van der Waals surface area contributed by atoms with Crippen molar-refractivity contribution >= 4 is 23.5 Å². The van der Waals surface area contributed by atoms with Crippen molar-refractivity contribution in [3.8, 4) is 0 Å². The number of carbonyl (C=O) groups excluding carboxylic acids is 2. The Bertz CT molecular complexity index is 571. The lowest BCUT2D eigenvalue weighted by molar-refractivity contribution is -0.120. The fraction of sp³-hybridized carbons (Fsp3) is 0.556. The zero-order chi connectivity index (χ0) is 18.2. The summed E-state index contributed by atoms with van der Waals surface area (Å²) in [6.45, 7) is 2.55. The fourth-order valence-electron chi connectivity index (χ4n) is 2.96. The number of piperidine rings is 1. The van der Waals surface area contributed by atoms with Crippen LogP contribution in [-0.4, -0.2) is 62.0 Å². The molecular formula is C18H27ClN4O2. The van der Waals surface area contributed by atoms with Crippen LogP contribution >= 0.6 is 11.6 Å². The largest absolute Gasteiger partial charge is 0.353 e. The quantitative estimate of drug-likeness (QED) is 0.811. The van der Waals surface area contributed by atoms with Gasteiger partial charge in [-0.25, -0.2) is 4.79 Å². The Morgan fingerprint density at radius 1 is 1.12 bits per heavy atom. The highest BCUT2D eigenvalue weighted by atomic mass is 35.5. The monoisotopic (exact) mass is 366 g/mol. The molecule has 1 atom stereocenters. The predicted octanol–water partition coefficient (Wildman–Crippen LogP) is 2.25. The van der Waals surface area contributed by atoms with E-state index in [-0.39, 0.29) is 24.5 Å². The maximum Gasteiger partial charge on any atom is 0.317 e. The van der Waals surface area contributed by atoms with Gasteiger partial charge in [-0.05, 0) is 43.6 Å². The SMILES string of the molecule is CN(C)C(=O)NCC(=O)NCC(c1ccc(Cl)cc1)N1CCCCC1. The topological polar surface area (TPSA) is 64.7 Å². The van der Waals surface area contributed by atoms with Crippen LogP contribution in [0, 0.1) is 0 Å². The van der Waals surface area contributed by atoms with E-state index in [0.29, 0.717) is 11.6 Å². The van der Waals surface area contributed by atoms with Crippen LogP contribution in [-0.2, 0) is 4.79 Å². The second-order valence-electron chi connectivity index (χ2n) is 6.52. The molecule has 0 aromatic heterocycles. The Labute approximate surface area is 154 Å². The molecule has 6 nitrogen and oxygen atoms in total. The lowest BCUT2D eigenvalue weighted by Crippen LogP contribution is -2.45. The molecule has 138 valence electrons. The first-order valence-electron chi connectivity index (χ1n) is 8.68. The summed E-state index contributed by atoms with van der Waals surface area (Å²) < 4.78 is 0. The summed E-state index contributed by atoms with van der Waals surface area (Å²) in [5.41, 5.74) is 1.14. The number of nitrogens with one attached hydrogen (secondary N) is 2. The van der Waals surface area contributed by atoms with Gasteiger partial charge in [-0.15, -0.1) is 0 Å². The van der Waals surface area contributed by atoms with Crippen LogP contribution in [0.15, 0.2) is 24.3 Å². The lowest BCUT2D eigenvalue weighted by Gasteiger charge is -2.35. The molecule has 2 rings (SSSR count). The number of rotatable bonds is 6. The summed E-state index contributed by atoms with van der Waals surface area (Å²) in [7, 11) is 3.28. The average Bonchev–Trinajstić information content (AvgIpc) is 2.62. The summed E-state index contributed by atoms with van der Waals surface area (Å²) in [5, 5.41) is 6.22. The van der Waals surface area contributed by atoms with E-state index in [2.05, 4.69) is 15.5 Å². The number of urea groups is 1. The third-order valence-electron chi connectivity index (χ3n) is 4.39. The van der Waals surface area contributed by atoms with Crippen LogP contribution in [0.4, 0.5) is 4.79 Å². The molecular weight excluding hydrogens is 340 g/mol. The fourth-order valence-corrected chi connectivity index (χ4v) is 3.09. The van der Waals surface area contributed by atoms with Crippen LogP contribution in [0.2, 0.25) is 5.02 Å². The zero-order valence-electron chi connectivity index (χ0n) is 14.9. The molecule has 1 aliphatic heterocycles. The number of halogens is 1. The molecule has 1 saturated heterocycles. The zero-order valence-corrected chi connectivity index (χ0v) is 15.7. The maximum absolute atomic E-state index is 12.1. The van der Waals surface area contributed by atoms with Crippen molar-refractivity contribution in [1.29, 1.82) is 0 Å². The highest BCUT2D eigenvalue weighted by Crippen LogP contribution is 2.25. The maximum atomic E-state index is 12.1. The van der Waals surface area contributed by atoms with Gasteiger partial charge in [0.15, 0.2) is 0 Å². The van der Waals surface area contributed by atoms with E-state index in [1.807, 2.05) is 24.3 Å². The molecule has 0 bridgehead atoms. The van der Waals surface area contributed by atoms with Crippen molar-refractivity contribution in [2.24, 2.45) is 0 Å². The number of benzene rings is 1. The first kappa shape index (κ1) is 19.5. The van der Waals surface area contributed by atoms with E-state index in [1.165, 1.54) is 24.2 Å². The van der Waals surface area contributed by atoms with Gasteiger partial charge in [0.25, 0.3) is 0 Å². The van der Waals surface area contributed by atoms with Crippen molar-refractivity contribution in [1.82, 2.24) is 20.4 Å². The third-order valence-corrected chi connectivity index (χ3v) is 4.64. The Hall–Kier alpha value is -1.79. The molecule has 1 aromatic carbocycles. The Morgan fingerprint density at radius 2 is 1.76 bits per heavy atom. The van der Waals surface area contributed by atoms with E-state index in [1.54, 1.807) is 14.1 Å². The van der Waals surface area contributed by atoms with Crippen molar-refractivity contribution in [3.05, 3.63) is 34.9 Å². The second-order valence-corrected chi connectivity index (χ2v) is 6.96. The smallest absolute Gasteiger partial charge is 0.317 e. The minimum absolute atomic E-state index is 0.0235. The Morgan fingerprint density at radius 3 is 2.36 bits per heavy atom. The molecule has 2 N–H and O–H groups in total. The summed E-state index contributed by atoms with van der Waals surface area (Å²) in [5.74, 6) is -0.189. The molecule has 0 spiro atoms. The molecule has 0 saturated carbocycles. The van der Waals surface area contributed by atoms with E-state index >= 15 is 0 Å². The first-order chi connectivity index (χ1) is 12.0. The summed E-state index contributed by atoms with van der Waals surface area (Å²) in [6, 6.07) is 7.63. The van der Waals surface area contributed by atoms with E-state index in [0.717, 1.165) is 18.7 Å². The van der Waals surface area contributed by atoms with Gasteiger partial charge in [-0.1, -0.05) is 30.2 Å².